The molecule has 3 aromatic carbocycles. The molecule has 1 N–H and O–H groups in total. The molecule has 0 radical (unpaired) electrons. The Morgan fingerprint density at radius 1 is 0.912 bits per heavy atom. The molecule has 4 heteroatoms. The number of nitrogens with one attached hydrogen (secondary N) is 1. The molecule has 34 heavy (non-hydrogen) atoms. The zero-order valence-corrected chi connectivity index (χ0v) is 19.7. The van der Waals surface area contributed by atoms with Crippen molar-refractivity contribution >= 4 is 5.91 Å². The average Bonchev–Trinajstić information content (AvgIpc) is 3.02. The Morgan fingerprint density at radius 3 is 2.26 bits per heavy atom. The summed E-state index contributed by atoms with van der Waals surface area (Å²) in [5.74, 6) is 1.01. The standard InChI is InChI=1S/C30H34N2O2/c1-2-3-14-27-19-20-32(30(33)29(31-27)21-24-10-6-4-7-11-24)22-25-15-17-28(18-16-25)34-23-26-12-8-5-9-13-26/h2,4-13,15-18,27,29,31H,1,3,14,19-23H2/t27-,29+/m1/s1. The molecule has 2 atom stereocenters. The van der Waals surface area contributed by atoms with E-state index in [9.17, 15) is 4.79 Å². The highest BCUT2D eigenvalue weighted by molar-refractivity contribution is 5.82. The summed E-state index contributed by atoms with van der Waals surface area (Å²) in [5, 5.41) is 3.65. The van der Waals surface area contributed by atoms with Crippen LogP contribution in [0, 0.1) is 0 Å². The molecular formula is C30H34N2O2. The fraction of sp³-hybridized carbons (Fsp3) is 0.300. The Bertz CT molecular complexity index is 1030. The van der Waals surface area contributed by atoms with Crippen molar-refractivity contribution in [1.29, 1.82) is 0 Å². The predicted molar refractivity (Wildman–Crippen MR) is 138 cm³/mol. The first-order valence-corrected chi connectivity index (χ1v) is 12.2. The summed E-state index contributed by atoms with van der Waals surface area (Å²) in [6, 6.07) is 28.6. The zero-order valence-electron chi connectivity index (χ0n) is 19.7. The maximum Gasteiger partial charge on any atom is 0.240 e. The third-order valence-electron chi connectivity index (χ3n) is 6.34. The molecule has 0 unspecified atom stereocenters. The number of carbonyl (C=O) groups excluding carboxylic acids is 1. The van der Waals surface area contributed by atoms with Crippen LogP contribution in [0.4, 0.5) is 0 Å². The van der Waals surface area contributed by atoms with Gasteiger partial charge in [0.1, 0.15) is 12.4 Å². The molecule has 4 rings (SSSR count). The minimum atomic E-state index is -0.215. The second-order valence-electron chi connectivity index (χ2n) is 8.94. The van der Waals surface area contributed by atoms with Crippen molar-refractivity contribution in [2.75, 3.05) is 6.54 Å². The molecule has 176 valence electrons. The van der Waals surface area contributed by atoms with Gasteiger partial charge in [0.05, 0.1) is 6.04 Å². The summed E-state index contributed by atoms with van der Waals surface area (Å²) in [6.07, 6.45) is 5.56. The minimum Gasteiger partial charge on any atom is -0.489 e. The first-order chi connectivity index (χ1) is 16.7. The average molecular weight is 455 g/mol. The van der Waals surface area contributed by atoms with Gasteiger partial charge in [0.2, 0.25) is 5.91 Å². The number of carbonyl (C=O) groups is 1. The first kappa shape index (κ1) is 23.8. The van der Waals surface area contributed by atoms with Crippen LogP contribution >= 0.6 is 0 Å². The third kappa shape index (κ3) is 6.82. The maximum atomic E-state index is 13.5. The molecule has 1 amide bonds. The van der Waals surface area contributed by atoms with Crippen molar-refractivity contribution in [1.82, 2.24) is 10.2 Å². The molecule has 4 nitrogen and oxygen atoms in total. The van der Waals surface area contributed by atoms with Crippen LogP contribution in [0.25, 0.3) is 0 Å². The normalized spacial score (nSPS) is 18.4. The lowest BCUT2D eigenvalue weighted by Gasteiger charge is -2.25. The van der Waals surface area contributed by atoms with Gasteiger partial charge in [-0.25, -0.2) is 0 Å². The smallest absolute Gasteiger partial charge is 0.240 e. The molecule has 0 spiro atoms. The van der Waals surface area contributed by atoms with Crippen LogP contribution in [0.5, 0.6) is 5.75 Å². The Hall–Kier alpha value is -3.37. The zero-order chi connectivity index (χ0) is 23.6. The van der Waals surface area contributed by atoms with Crippen molar-refractivity contribution < 1.29 is 9.53 Å². The lowest BCUT2D eigenvalue weighted by Crippen LogP contribution is -2.46. The summed E-state index contributed by atoms with van der Waals surface area (Å²) in [6.45, 7) is 5.77. The minimum absolute atomic E-state index is 0.175. The SMILES string of the molecule is C=CCC[C@@H]1CCN(Cc2ccc(OCc3ccccc3)cc2)C(=O)[C@H](Cc2ccccc2)N1. The van der Waals surface area contributed by atoms with Crippen LogP contribution in [0.1, 0.15) is 36.0 Å². The highest BCUT2D eigenvalue weighted by Gasteiger charge is 2.30. The topological polar surface area (TPSA) is 41.6 Å². The van der Waals surface area contributed by atoms with Crippen LogP contribution in [0.15, 0.2) is 97.6 Å². The fourth-order valence-electron chi connectivity index (χ4n) is 4.43. The number of ether oxygens (including phenoxy) is 1. The van der Waals surface area contributed by atoms with E-state index >= 15 is 0 Å². The summed E-state index contributed by atoms with van der Waals surface area (Å²) in [5.41, 5.74) is 3.44. The van der Waals surface area contributed by atoms with Crippen molar-refractivity contribution in [3.63, 3.8) is 0 Å². The third-order valence-corrected chi connectivity index (χ3v) is 6.34. The molecule has 1 fully saturated rings. The molecule has 1 saturated heterocycles. The number of amides is 1. The number of hydrogen-bond donors (Lipinski definition) is 1. The number of allylic oxidation sites excluding steroid dienone is 1. The molecule has 1 aliphatic rings. The van der Waals surface area contributed by atoms with Crippen molar-refractivity contribution in [3.8, 4) is 5.75 Å². The van der Waals surface area contributed by atoms with Crippen molar-refractivity contribution in [2.45, 2.75) is 50.9 Å². The van der Waals surface area contributed by atoms with Gasteiger partial charge in [0.15, 0.2) is 0 Å². The van der Waals surface area contributed by atoms with Crippen LogP contribution in [-0.4, -0.2) is 29.4 Å². The van der Waals surface area contributed by atoms with Gasteiger partial charge >= 0.3 is 0 Å². The number of hydrogen-bond acceptors (Lipinski definition) is 3. The first-order valence-electron chi connectivity index (χ1n) is 12.2. The van der Waals surface area contributed by atoms with Gasteiger partial charge in [0, 0.05) is 19.1 Å². The highest BCUT2D eigenvalue weighted by Crippen LogP contribution is 2.20. The summed E-state index contributed by atoms with van der Waals surface area (Å²) < 4.78 is 5.91. The lowest BCUT2D eigenvalue weighted by atomic mass is 10.0. The summed E-state index contributed by atoms with van der Waals surface area (Å²) >= 11 is 0. The molecule has 0 bridgehead atoms. The van der Waals surface area contributed by atoms with Gasteiger partial charge in [-0.2, -0.15) is 0 Å². The molecule has 1 aliphatic heterocycles. The Morgan fingerprint density at radius 2 is 1.59 bits per heavy atom. The van der Waals surface area contributed by atoms with E-state index in [1.54, 1.807) is 0 Å². The Labute approximate surface area is 203 Å². The number of rotatable bonds is 10. The Kier molecular flexibility index (Phi) is 8.53. The molecule has 0 saturated carbocycles. The van der Waals surface area contributed by atoms with Gasteiger partial charge in [-0.05, 0) is 54.5 Å². The van der Waals surface area contributed by atoms with Crippen molar-refractivity contribution in [3.05, 3.63) is 114 Å². The van der Waals surface area contributed by atoms with E-state index in [4.69, 9.17) is 4.74 Å². The van der Waals surface area contributed by atoms with Crippen LogP contribution in [0.2, 0.25) is 0 Å². The van der Waals surface area contributed by atoms with Gasteiger partial charge < -0.3 is 15.0 Å². The highest BCUT2D eigenvalue weighted by atomic mass is 16.5. The molecular weight excluding hydrogens is 420 g/mol. The van der Waals surface area contributed by atoms with Crippen LogP contribution in [-0.2, 0) is 24.4 Å². The Balaban J connectivity index is 1.41. The van der Waals surface area contributed by atoms with E-state index in [0.717, 1.165) is 42.7 Å². The van der Waals surface area contributed by atoms with Gasteiger partial charge in [-0.1, -0.05) is 78.9 Å². The van der Waals surface area contributed by atoms with Gasteiger partial charge in [-0.15, -0.1) is 6.58 Å². The second-order valence-corrected chi connectivity index (χ2v) is 8.94. The van der Waals surface area contributed by atoms with E-state index in [2.05, 4.69) is 48.3 Å². The van der Waals surface area contributed by atoms with E-state index < -0.39 is 0 Å². The number of nitrogens with zero attached hydrogens (tertiary/aromatic N) is 1. The molecule has 1 heterocycles. The summed E-state index contributed by atoms with van der Waals surface area (Å²) in [7, 11) is 0. The summed E-state index contributed by atoms with van der Waals surface area (Å²) in [4.78, 5) is 15.5. The van der Waals surface area contributed by atoms with Gasteiger partial charge in [-0.3, -0.25) is 4.79 Å². The largest absolute Gasteiger partial charge is 0.489 e. The van der Waals surface area contributed by atoms with Crippen molar-refractivity contribution in [2.24, 2.45) is 0 Å². The monoisotopic (exact) mass is 454 g/mol. The molecule has 0 aliphatic carbocycles. The lowest BCUT2D eigenvalue weighted by molar-refractivity contribution is -0.133. The second kappa shape index (κ2) is 12.2. The molecule has 0 aromatic heterocycles. The maximum absolute atomic E-state index is 13.5. The fourth-order valence-corrected chi connectivity index (χ4v) is 4.43. The van der Waals surface area contributed by atoms with E-state index in [1.165, 1.54) is 5.56 Å². The van der Waals surface area contributed by atoms with Crippen LogP contribution in [0.3, 0.4) is 0 Å². The van der Waals surface area contributed by atoms with E-state index in [1.807, 2.05) is 59.5 Å². The van der Waals surface area contributed by atoms with Crippen LogP contribution < -0.4 is 10.1 Å². The number of benzene rings is 3. The van der Waals surface area contributed by atoms with E-state index in [0.29, 0.717) is 25.6 Å². The quantitative estimate of drug-likeness (QED) is 0.409. The molecule has 3 aromatic rings. The van der Waals surface area contributed by atoms with E-state index in [-0.39, 0.29) is 11.9 Å². The van der Waals surface area contributed by atoms with Gasteiger partial charge in [0.25, 0.3) is 0 Å². The predicted octanol–water partition coefficient (Wildman–Crippen LogP) is 5.53.